The summed E-state index contributed by atoms with van der Waals surface area (Å²) in [6.07, 6.45) is 89.9. The minimum Gasteiger partial charge on any atom is -0.309 e. The van der Waals surface area contributed by atoms with Crippen molar-refractivity contribution in [1.82, 2.24) is 19.6 Å². The van der Waals surface area contributed by atoms with Gasteiger partial charge in [0.1, 0.15) is 0 Å². The highest BCUT2D eigenvalue weighted by atomic mass is 15.2. The van der Waals surface area contributed by atoms with Crippen molar-refractivity contribution < 1.29 is 0 Å². The average molecular weight is 1160 g/mol. The van der Waals surface area contributed by atoms with Crippen LogP contribution in [0.25, 0.3) is 0 Å². The maximum Gasteiger partial charge on any atom is 0.0221 e. The number of unbranched alkanes of at least 4 members (excludes halogenated alkanes) is 53. The first-order valence-corrected chi connectivity index (χ1v) is 39.1. The lowest BCUT2D eigenvalue weighted by Gasteiger charge is -2.46. The van der Waals surface area contributed by atoms with Crippen LogP contribution in [0.1, 0.15) is 426 Å². The van der Waals surface area contributed by atoms with E-state index in [1.165, 1.54) is 444 Å². The van der Waals surface area contributed by atoms with E-state index in [1.54, 1.807) is 0 Å². The molecule has 0 aliphatic heterocycles. The maximum atomic E-state index is 3.25. The first-order chi connectivity index (χ1) is 40.3. The Kier molecular flexibility index (Phi) is 68.2. The second-order valence-electron chi connectivity index (χ2n) is 28.3. The van der Waals surface area contributed by atoms with Gasteiger partial charge in [-0.1, -0.05) is 374 Å². The Labute approximate surface area is 522 Å². The number of nitrogens with zero attached hydrogens (tertiary/aromatic N) is 4. The van der Waals surface area contributed by atoms with Gasteiger partial charge in [-0.3, -0.25) is 4.90 Å². The summed E-state index contributed by atoms with van der Waals surface area (Å²) < 4.78 is 0. The smallest absolute Gasteiger partial charge is 0.0221 e. The molecule has 0 aromatic carbocycles. The van der Waals surface area contributed by atoms with Crippen molar-refractivity contribution in [3.63, 3.8) is 0 Å². The Bertz CT molecular complexity index is 1080. The molecule has 0 N–H and O–H groups in total. The fourth-order valence-corrected chi connectivity index (χ4v) is 13.8. The Hall–Kier alpha value is -0.160. The van der Waals surface area contributed by atoms with Gasteiger partial charge in [-0.15, -0.1) is 0 Å². The Balaban J connectivity index is 6.06. The lowest BCUT2D eigenvalue weighted by molar-refractivity contribution is 0.0431. The molecule has 82 heavy (non-hydrogen) atoms. The second kappa shape index (κ2) is 68.3. The second-order valence-corrected chi connectivity index (χ2v) is 28.3. The van der Waals surface area contributed by atoms with Crippen LogP contribution in [0.15, 0.2) is 0 Å². The number of rotatable bonds is 73. The predicted octanol–water partition coefficient (Wildman–Crippen LogP) is 25.7. The van der Waals surface area contributed by atoms with E-state index >= 15 is 0 Å². The zero-order valence-electron chi connectivity index (χ0n) is 59.1. The molecular formula is C78H162N4. The van der Waals surface area contributed by atoms with E-state index in [-0.39, 0.29) is 0 Å². The SMILES string of the molecule is CCCCCCCCCCCCCCCCN(CCCCCCCCCCCCCCCC)C(CCCCCCCCCCCCCCCC)(CCCCCCCCCCCCCCCC)CCN(C)CCCCN(C)CCCN(C)C. The molecule has 0 unspecified atom stereocenters. The van der Waals surface area contributed by atoms with E-state index in [4.69, 9.17) is 0 Å². The summed E-state index contributed by atoms with van der Waals surface area (Å²) in [6, 6.07) is 0. The van der Waals surface area contributed by atoms with Gasteiger partial charge in [0, 0.05) is 5.54 Å². The summed E-state index contributed by atoms with van der Waals surface area (Å²) >= 11 is 0. The van der Waals surface area contributed by atoms with Crippen LogP contribution in [0.3, 0.4) is 0 Å². The molecule has 4 nitrogen and oxygen atoms in total. The topological polar surface area (TPSA) is 13.0 Å². The van der Waals surface area contributed by atoms with Crippen LogP contribution in [-0.2, 0) is 0 Å². The molecule has 0 radical (unpaired) electrons. The predicted molar refractivity (Wildman–Crippen MR) is 377 cm³/mol. The van der Waals surface area contributed by atoms with Gasteiger partial charge in [-0.2, -0.15) is 0 Å². The van der Waals surface area contributed by atoms with Crippen LogP contribution in [0.4, 0.5) is 0 Å². The van der Waals surface area contributed by atoms with Crippen molar-refractivity contribution in [2.75, 3.05) is 74.0 Å². The summed E-state index contributed by atoms with van der Waals surface area (Å²) in [5.74, 6) is 0. The van der Waals surface area contributed by atoms with E-state index in [0.717, 1.165) is 0 Å². The minimum absolute atomic E-state index is 0.363. The fraction of sp³-hybridized carbons (Fsp3) is 1.00. The summed E-state index contributed by atoms with van der Waals surface area (Å²) in [7, 11) is 9.28. The van der Waals surface area contributed by atoms with Gasteiger partial charge in [0.05, 0.1) is 0 Å². The standard InChI is InChI=1S/C78H162N4/c1-9-13-17-21-25-29-33-37-41-45-49-53-57-61-68-78(69-62-58-54-50-46-42-38-34-30-26-22-18-14-10-2,70-77-81(8)73-66-65-72-80(7)74-67-71-79(5)6)82(75-63-59-55-51-47-43-39-35-31-27-23-19-15-11-3)76-64-60-56-52-48-44-40-36-32-28-24-20-16-12-4/h9-77H2,1-8H3. The largest absolute Gasteiger partial charge is 0.309 e. The molecule has 494 valence electrons. The average Bonchev–Trinajstić information content (AvgIpc) is 3.67. The summed E-state index contributed by atoms with van der Waals surface area (Å²) in [6.45, 7) is 18.3. The Morgan fingerprint density at radius 3 is 0.610 bits per heavy atom. The van der Waals surface area contributed by atoms with Crippen molar-refractivity contribution in [2.45, 2.75) is 431 Å². The highest BCUT2D eigenvalue weighted by Crippen LogP contribution is 2.35. The molecular weight excluding hydrogens is 993 g/mol. The molecule has 0 saturated carbocycles. The van der Waals surface area contributed by atoms with Gasteiger partial charge in [0.2, 0.25) is 0 Å². The van der Waals surface area contributed by atoms with Gasteiger partial charge in [0.15, 0.2) is 0 Å². The maximum absolute atomic E-state index is 3.25. The van der Waals surface area contributed by atoms with Crippen molar-refractivity contribution in [2.24, 2.45) is 0 Å². The third-order valence-corrected chi connectivity index (χ3v) is 19.7. The summed E-state index contributed by atoms with van der Waals surface area (Å²) in [5.41, 5.74) is 0.363. The van der Waals surface area contributed by atoms with Crippen LogP contribution in [0, 0.1) is 0 Å². The van der Waals surface area contributed by atoms with Gasteiger partial charge in [-0.25, -0.2) is 0 Å². The first kappa shape index (κ1) is 81.8. The molecule has 0 rings (SSSR count). The summed E-state index contributed by atoms with van der Waals surface area (Å²) in [5, 5.41) is 0. The summed E-state index contributed by atoms with van der Waals surface area (Å²) in [4.78, 5) is 11.0. The molecule has 0 atom stereocenters. The molecule has 4 heteroatoms. The lowest BCUT2D eigenvalue weighted by atomic mass is 9.80. The van der Waals surface area contributed by atoms with E-state index in [2.05, 4.69) is 75.5 Å². The van der Waals surface area contributed by atoms with Gasteiger partial charge in [-0.05, 0) is 125 Å². The Morgan fingerprint density at radius 1 is 0.171 bits per heavy atom. The zero-order chi connectivity index (χ0) is 59.6. The van der Waals surface area contributed by atoms with Gasteiger partial charge in [0.25, 0.3) is 0 Å². The molecule has 0 aliphatic carbocycles. The highest BCUT2D eigenvalue weighted by Gasteiger charge is 2.35. The monoisotopic (exact) mass is 1160 g/mol. The quantitative estimate of drug-likeness (QED) is 0.0563. The van der Waals surface area contributed by atoms with Crippen LogP contribution in [0.2, 0.25) is 0 Å². The Morgan fingerprint density at radius 2 is 0.366 bits per heavy atom. The van der Waals surface area contributed by atoms with E-state index in [9.17, 15) is 0 Å². The molecule has 0 spiro atoms. The van der Waals surface area contributed by atoms with Crippen LogP contribution < -0.4 is 0 Å². The van der Waals surface area contributed by atoms with Crippen molar-refractivity contribution in [3.05, 3.63) is 0 Å². The molecule has 0 fully saturated rings. The van der Waals surface area contributed by atoms with Crippen LogP contribution in [-0.4, -0.2) is 99.1 Å². The zero-order valence-corrected chi connectivity index (χ0v) is 59.1. The number of hydrogen-bond donors (Lipinski definition) is 0. The molecule has 0 amide bonds. The minimum atomic E-state index is 0.363. The van der Waals surface area contributed by atoms with E-state index < -0.39 is 0 Å². The van der Waals surface area contributed by atoms with Crippen LogP contribution >= 0.6 is 0 Å². The van der Waals surface area contributed by atoms with Gasteiger partial charge < -0.3 is 14.7 Å². The van der Waals surface area contributed by atoms with Crippen molar-refractivity contribution in [1.29, 1.82) is 0 Å². The van der Waals surface area contributed by atoms with E-state index in [0.29, 0.717) is 5.54 Å². The molecule has 0 aromatic rings. The molecule has 0 aromatic heterocycles. The lowest BCUT2D eigenvalue weighted by Crippen LogP contribution is -2.51. The molecule has 0 bridgehead atoms. The normalized spacial score (nSPS) is 12.3. The third-order valence-electron chi connectivity index (χ3n) is 19.7. The molecule has 0 aliphatic rings. The fourth-order valence-electron chi connectivity index (χ4n) is 13.8. The first-order valence-electron chi connectivity index (χ1n) is 39.1. The van der Waals surface area contributed by atoms with Crippen molar-refractivity contribution >= 4 is 0 Å². The van der Waals surface area contributed by atoms with Crippen molar-refractivity contribution in [3.8, 4) is 0 Å². The van der Waals surface area contributed by atoms with Gasteiger partial charge >= 0.3 is 0 Å². The molecule has 0 saturated heterocycles. The molecule has 0 heterocycles. The number of hydrogen-bond acceptors (Lipinski definition) is 4. The van der Waals surface area contributed by atoms with E-state index in [1.807, 2.05) is 0 Å². The highest BCUT2D eigenvalue weighted by molar-refractivity contribution is 4.92. The third kappa shape index (κ3) is 60.1. The van der Waals surface area contributed by atoms with Crippen LogP contribution in [0.5, 0.6) is 0 Å².